The number of hydrogen-bond donors (Lipinski definition) is 2. The van der Waals surface area contributed by atoms with E-state index in [0.29, 0.717) is 29.5 Å². The van der Waals surface area contributed by atoms with Crippen molar-refractivity contribution in [3.05, 3.63) is 59.3 Å². The molecule has 0 atom stereocenters. The Morgan fingerprint density at radius 3 is 2.59 bits per heavy atom. The van der Waals surface area contributed by atoms with Gasteiger partial charge in [-0.15, -0.1) is 0 Å². The number of primary amides is 1. The van der Waals surface area contributed by atoms with Crippen LogP contribution in [-0.4, -0.2) is 61.7 Å². The number of benzene rings is 2. The van der Waals surface area contributed by atoms with E-state index in [1.165, 1.54) is 0 Å². The summed E-state index contributed by atoms with van der Waals surface area (Å²) in [6.07, 6.45) is 6.81. The summed E-state index contributed by atoms with van der Waals surface area (Å²) in [5.41, 5.74) is 8.58. The largest absolute Gasteiger partial charge is 0.496 e. The van der Waals surface area contributed by atoms with Gasteiger partial charge in [0.2, 0.25) is 5.91 Å². The first-order chi connectivity index (χ1) is 18.0. The van der Waals surface area contributed by atoms with Gasteiger partial charge in [-0.3, -0.25) is 9.59 Å². The van der Waals surface area contributed by atoms with Gasteiger partial charge in [0.15, 0.2) is 0 Å². The number of piperidine rings is 1. The zero-order valence-electron chi connectivity index (χ0n) is 22.1. The van der Waals surface area contributed by atoms with E-state index in [9.17, 15) is 9.59 Å². The number of likely N-dealkylation sites (tertiary alicyclic amines) is 1. The molecule has 1 aliphatic heterocycles. The van der Waals surface area contributed by atoms with Gasteiger partial charge in [0.1, 0.15) is 11.5 Å². The van der Waals surface area contributed by atoms with Gasteiger partial charge >= 0.3 is 0 Å². The first kappa shape index (κ1) is 26.5. The summed E-state index contributed by atoms with van der Waals surface area (Å²) >= 11 is 0. The fraction of sp³-hybridized carbons (Fsp3) is 0.448. The van der Waals surface area contributed by atoms with Crippen molar-refractivity contribution < 1.29 is 19.1 Å². The number of carbonyl (C=O) groups is 2. The molecule has 0 bridgehead atoms. The van der Waals surface area contributed by atoms with Crippen LogP contribution in [0.5, 0.6) is 11.5 Å². The molecule has 1 aromatic heterocycles. The van der Waals surface area contributed by atoms with E-state index >= 15 is 0 Å². The number of nitrogens with one attached hydrogen (secondary N) is 1. The van der Waals surface area contributed by atoms with Gasteiger partial charge in [-0.1, -0.05) is 19.4 Å². The predicted octanol–water partition coefficient (Wildman–Crippen LogP) is 4.17. The maximum absolute atomic E-state index is 12.6. The molecule has 2 amide bonds. The predicted molar refractivity (Wildman–Crippen MR) is 146 cm³/mol. The molecule has 2 heterocycles. The van der Waals surface area contributed by atoms with E-state index in [1.807, 2.05) is 18.2 Å². The van der Waals surface area contributed by atoms with Gasteiger partial charge in [0.05, 0.1) is 19.3 Å². The van der Waals surface area contributed by atoms with Crippen LogP contribution in [0.4, 0.5) is 0 Å². The minimum Gasteiger partial charge on any atom is -0.496 e. The summed E-state index contributed by atoms with van der Waals surface area (Å²) in [4.78, 5) is 26.7. The molecule has 8 heteroatoms. The van der Waals surface area contributed by atoms with Crippen LogP contribution in [0.3, 0.4) is 0 Å². The van der Waals surface area contributed by atoms with Crippen molar-refractivity contribution in [2.45, 2.75) is 45.1 Å². The smallest absolute Gasteiger partial charge is 0.254 e. The number of methoxy groups -OCH3 is 1. The molecule has 3 aromatic rings. The second-order valence-corrected chi connectivity index (χ2v) is 9.59. The van der Waals surface area contributed by atoms with E-state index in [1.54, 1.807) is 26.3 Å². The van der Waals surface area contributed by atoms with Crippen molar-refractivity contribution in [3.63, 3.8) is 0 Å². The highest BCUT2D eigenvalue weighted by atomic mass is 16.5. The van der Waals surface area contributed by atoms with E-state index in [4.69, 9.17) is 15.2 Å². The minimum absolute atomic E-state index is 0.158. The standard InChI is InChI=1S/C29H38N4O4/c1-4-5-18-37-27-23(26(36-3)9-8-24(27)29(35)31-2)13-16-32-14-11-22(12-15-32)33-17-10-20-6-7-21(28(30)34)19-25(20)33/h6-10,17,19,22H,4-5,11-16,18H2,1-3H3,(H2,30,34)(H,31,35). The fourth-order valence-corrected chi connectivity index (χ4v) is 5.15. The number of nitrogens with two attached hydrogens (primary N) is 1. The molecule has 0 unspecified atom stereocenters. The van der Waals surface area contributed by atoms with Crippen LogP contribution in [-0.2, 0) is 6.42 Å². The number of unbranched alkanes of at least 4 members (excludes halogenated alkanes) is 1. The van der Waals surface area contributed by atoms with Gasteiger partial charge in [-0.05, 0) is 61.4 Å². The molecule has 1 saturated heterocycles. The number of hydrogen-bond acceptors (Lipinski definition) is 5. The molecule has 0 aliphatic carbocycles. The normalized spacial score (nSPS) is 14.6. The van der Waals surface area contributed by atoms with Crippen molar-refractivity contribution in [1.29, 1.82) is 0 Å². The molecular formula is C29H38N4O4. The molecule has 1 fully saturated rings. The number of ether oxygens (including phenoxy) is 2. The van der Waals surface area contributed by atoms with Crippen LogP contribution in [0.2, 0.25) is 0 Å². The molecule has 0 saturated carbocycles. The number of fused-ring (bicyclic) bond motifs is 1. The molecule has 0 radical (unpaired) electrons. The molecule has 0 spiro atoms. The Morgan fingerprint density at radius 1 is 1.14 bits per heavy atom. The average molecular weight is 507 g/mol. The Bertz CT molecular complexity index is 1240. The molecule has 2 aromatic carbocycles. The first-order valence-corrected chi connectivity index (χ1v) is 13.1. The van der Waals surface area contributed by atoms with Crippen LogP contribution in [0.25, 0.3) is 10.9 Å². The van der Waals surface area contributed by atoms with Crippen LogP contribution >= 0.6 is 0 Å². The summed E-state index contributed by atoms with van der Waals surface area (Å²) in [6, 6.07) is 11.7. The lowest BCUT2D eigenvalue weighted by atomic mass is 10.0. The third-order valence-electron chi connectivity index (χ3n) is 7.29. The fourth-order valence-electron chi connectivity index (χ4n) is 5.15. The summed E-state index contributed by atoms with van der Waals surface area (Å²) in [7, 11) is 3.29. The van der Waals surface area contributed by atoms with Crippen LogP contribution < -0.4 is 20.5 Å². The lowest BCUT2D eigenvalue weighted by Crippen LogP contribution is -2.36. The monoisotopic (exact) mass is 506 g/mol. The second-order valence-electron chi connectivity index (χ2n) is 9.59. The van der Waals surface area contributed by atoms with Crippen molar-refractivity contribution >= 4 is 22.7 Å². The minimum atomic E-state index is -0.404. The zero-order valence-corrected chi connectivity index (χ0v) is 22.1. The van der Waals surface area contributed by atoms with Crippen molar-refractivity contribution in [2.75, 3.05) is 40.4 Å². The topological polar surface area (TPSA) is 98.8 Å². The highest BCUT2D eigenvalue weighted by Gasteiger charge is 2.24. The quantitative estimate of drug-likeness (QED) is 0.381. The zero-order chi connectivity index (χ0) is 26.4. The van der Waals surface area contributed by atoms with Gasteiger partial charge in [-0.25, -0.2) is 0 Å². The van der Waals surface area contributed by atoms with Crippen LogP contribution in [0.1, 0.15) is 64.9 Å². The highest BCUT2D eigenvalue weighted by molar-refractivity contribution is 5.98. The number of carbonyl (C=O) groups excluding carboxylic acids is 2. The maximum Gasteiger partial charge on any atom is 0.254 e. The third kappa shape index (κ3) is 5.91. The molecule has 4 rings (SSSR count). The average Bonchev–Trinajstić information content (AvgIpc) is 3.35. The summed E-state index contributed by atoms with van der Waals surface area (Å²) < 4.78 is 14.1. The second kappa shape index (κ2) is 12.1. The van der Waals surface area contributed by atoms with E-state index in [-0.39, 0.29) is 5.91 Å². The third-order valence-corrected chi connectivity index (χ3v) is 7.29. The SMILES string of the molecule is CCCCOc1c(C(=O)NC)ccc(OC)c1CCN1CCC(n2ccc3ccc(C(N)=O)cc32)CC1. The number of amides is 2. The molecule has 198 valence electrons. The van der Waals surface area contributed by atoms with Gasteiger partial charge < -0.3 is 30.0 Å². The Labute approximate surface area is 218 Å². The van der Waals surface area contributed by atoms with Crippen LogP contribution in [0.15, 0.2) is 42.6 Å². The lowest BCUT2D eigenvalue weighted by Gasteiger charge is -2.33. The molecule has 1 aliphatic rings. The van der Waals surface area contributed by atoms with E-state index < -0.39 is 5.91 Å². The van der Waals surface area contributed by atoms with Gasteiger partial charge in [0.25, 0.3) is 5.91 Å². The first-order valence-electron chi connectivity index (χ1n) is 13.1. The Balaban J connectivity index is 1.46. The summed E-state index contributed by atoms with van der Waals surface area (Å²) in [6.45, 7) is 5.45. The van der Waals surface area contributed by atoms with Crippen molar-refractivity contribution in [2.24, 2.45) is 5.73 Å². The number of rotatable bonds is 11. The van der Waals surface area contributed by atoms with E-state index in [0.717, 1.165) is 74.0 Å². The molecule has 8 nitrogen and oxygen atoms in total. The van der Waals surface area contributed by atoms with Crippen LogP contribution in [0, 0.1) is 0 Å². The summed E-state index contributed by atoms with van der Waals surface area (Å²) in [5, 5.41) is 3.84. The van der Waals surface area contributed by atoms with E-state index in [2.05, 4.69) is 34.0 Å². The Hall–Kier alpha value is -3.52. The molecule has 37 heavy (non-hydrogen) atoms. The molecule has 3 N–H and O–H groups in total. The van der Waals surface area contributed by atoms with Gasteiger partial charge in [-0.2, -0.15) is 0 Å². The Kier molecular flexibility index (Phi) is 8.71. The highest BCUT2D eigenvalue weighted by Crippen LogP contribution is 2.34. The lowest BCUT2D eigenvalue weighted by molar-refractivity contribution is 0.0957. The van der Waals surface area contributed by atoms with Gasteiger partial charge in [0, 0.05) is 55.6 Å². The maximum atomic E-state index is 12.6. The van der Waals surface area contributed by atoms with Crippen molar-refractivity contribution in [1.82, 2.24) is 14.8 Å². The number of nitrogens with zero attached hydrogens (tertiary/aromatic N) is 2. The van der Waals surface area contributed by atoms with Crippen molar-refractivity contribution in [3.8, 4) is 11.5 Å². The molecular weight excluding hydrogens is 468 g/mol. The summed E-state index contributed by atoms with van der Waals surface area (Å²) in [5.74, 6) is 0.817. The number of aromatic nitrogens is 1. The Morgan fingerprint density at radius 2 is 1.92 bits per heavy atom.